The number of hydrogen-bond acceptors (Lipinski definition) is 7. The number of aliphatic hydroxyl groups excluding tert-OH is 1. The molecule has 1 saturated heterocycles. The van der Waals surface area contributed by atoms with Crippen molar-refractivity contribution in [2.75, 3.05) is 13.2 Å². The minimum atomic E-state index is -0.887. The van der Waals surface area contributed by atoms with Gasteiger partial charge in [0.25, 0.3) is 11.7 Å². The van der Waals surface area contributed by atoms with Gasteiger partial charge in [-0.2, -0.15) is 0 Å². The molecule has 1 aromatic heterocycles. The summed E-state index contributed by atoms with van der Waals surface area (Å²) in [6.07, 6.45) is 2.43. The molecular weight excluding hydrogens is 472 g/mol. The maximum atomic E-state index is 13.2. The van der Waals surface area contributed by atoms with E-state index in [9.17, 15) is 19.5 Å². The lowest BCUT2D eigenvalue weighted by Gasteiger charge is -2.24. The zero-order valence-electron chi connectivity index (χ0n) is 20.7. The van der Waals surface area contributed by atoms with E-state index in [0.717, 1.165) is 6.42 Å². The molecule has 0 saturated carbocycles. The summed E-state index contributed by atoms with van der Waals surface area (Å²) in [5, 5.41) is 11.2. The fourth-order valence-corrected chi connectivity index (χ4v) is 4.13. The number of nitrogens with zero attached hydrogens (tertiary/aromatic N) is 2. The predicted molar refractivity (Wildman–Crippen MR) is 137 cm³/mol. The van der Waals surface area contributed by atoms with E-state index in [0.29, 0.717) is 34.7 Å². The number of hydrogen-bond donors (Lipinski definition) is 1. The van der Waals surface area contributed by atoms with Crippen molar-refractivity contribution in [2.24, 2.45) is 0 Å². The Morgan fingerprint density at radius 1 is 0.973 bits per heavy atom. The van der Waals surface area contributed by atoms with E-state index in [1.165, 1.54) is 4.90 Å². The van der Waals surface area contributed by atoms with Gasteiger partial charge in [0.1, 0.15) is 17.6 Å². The van der Waals surface area contributed by atoms with E-state index in [-0.39, 0.29) is 24.5 Å². The van der Waals surface area contributed by atoms with Gasteiger partial charge in [0.2, 0.25) is 0 Å². The number of carbonyl (C=O) groups excluding carboxylic acids is 3. The molecule has 8 heteroatoms. The van der Waals surface area contributed by atoms with Crippen LogP contribution in [-0.4, -0.2) is 45.9 Å². The van der Waals surface area contributed by atoms with Crippen molar-refractivity contribution < 1.29 is 29.0 Å². The van der Waals surface area contributed by atoms with Crippen LogP contribution in [0.4, 0.5) is 0 Å². The number of aliphatic hydroxyl groups is 1. The van der Waals surface area contributed by atoms with Crippen molar-refractivity contribution in [1.29, 1.82) is 0 Å². The summed E-state index contributed by atoms with van der Waals surface area (Å²) >= 11 is 0. The fraction of sp³-hybridized carbons (Fsp3) is 0.241. The topological polar surface area (TPSA) is 106 Å². The van der Waals surface area contributed by atoms with Gasteiger partial charge in [-0.15, -0.1) is 0 Å². The Labute approximate surface area is 215 Å². The molecule has 3 aromatic rings. The molecule has 1 unspecified atom stereocenters. The largest absolute Gasteiger partial charge is 0.507 e. The summed E-state index contributed by atoms with van der Waals surface area (Å²) in [4.78, 5) is 44.1. The van der Waals surface area contributed by atoms with Crippen LogP contribution in [0.15, 0.2) is 78.5 Å². The first kappa shape index (κ1) is 25.6. The molecule has 2 heterocycles. The number of amides is 1. The zero-order valence-corrected chi connectivity index (χ0v) is 20.7. The van der Waals surface area contributed by atoms with Gasteiger partial charge < -0.3 is 19.5 Å². The lowest BCUT2D eigenvalue weighted by atomic mass is 9.98. The van der Waals surface area contributed by atoms with Crippen LogP contribution in [-0.2, 0) is 20.9 Å². The normalized spacial score (nSPS) is 16.6. The number of carbonyl (C=O) groups is 3. The highest BCUT2D eigenvalue weighted by Gasteiger charge is 2.46. The third-order valence-electron chi connectivity index (χ3n) is 5.93. The quantitative estimate of drug-likeness (QED) is 0.197. The molecule has 0 radical (unpaired) electrons. The number of pyridine rings is 1. The zero-order chi connectivity index (χ0) is 26.4. The van der Waals surface area contributed by atoms with E-state index >= 15 is 0 Å². The predicted octanol–water partition coefficient (Wildman–Crippen LogP) is 4.67. The van der Waals surface area contributed by atoms with Crippen LogP contribution >= 0.6 is 0 Å². The Morgan fingerprint density at radius 3 is 2.30 bits per heavy atom. The minimum Gasteiger partial charge on any atom is -0.507 e. The van der Waals surface area contributed by atoms with Gasteiger partial charge in [-0.05, 0) is 67.4 Å². The highest BCUT2D eigenvalue weighted by molar-refractivity contribution is 6.46. The van der Waals surface area contributed by atoms with Gasteiger partial charge in [0, 0.05) is 18.3 Å². The minimum absolute atomic E-state index is 0.0333. The summed E-state index contributed by atoms with van der Waals surface area (Å²) in [5.74, 6) is -1.60. The lowest BCUT2D eigenvalue weighted by Crippen LogP contribution is -2.29. The first-order chi connectivity index (χ1) is 17.9. The van der Waals surface area contributed by atoms with E-state index in [2.05, 4.69) is 4.98 Å². The maximum Gasteiger partial charge on any atom is 0.338 e. The van der Waals surface area contributed by atoms with Crippen LogP contribution in [0.25, 0.3) is 5.76 Å². The third kappa shape index (κ3) is 5.53. The van der Waals surface area contributed by atoms with Crippen LogP contribution in [0.5, 0.6) is 5.75 Å². The molecule has 2 aromatic carbocycles. The number of rotatable bonds is 9. The summed E-state index contributed by atoms with van der Waals surface area (Å²) in [6.45, 7) is 4.65. The lowest BCUT2D eigenvalue weighted by molar-refractivity contribution is -0.140. The molecule has 37 heavy (non-hydrogen) atoms. The number of esters is 1. The number of ketones is 1. The Balaban J connectivity index is 1.70. The SMILES string of the molecule is CCCOc1ccc(/C(O)=C2\C(=O)C(=O)N(Cc3ccc(C(=O)OCC)cc3)C2c2ccccn2)cc1. The smallest absolute Gasteiger partial charge is 0.338 e. The van der Waals surface area contributed by atoms with Crippen LogP contribution < -0.4 is 4.74 Å². The Bertz CT molecular complexity index is 1300. The molecule has 1 N–H and O–H groups in total. The van der Waals surface area contributed by atoms with Gasteiger partial charge in [0.05, 0.1) is 30.0 Å². The summed E-state index contributed by atoms with van der Waals surface area (Å²) in [7, 11) is 0. The number of aromatic nitrogens is 1. The third-order valence-corrected chi connectivity index (χ3v) is 5.93. The van der Waals surface area contributed by atoms with Gasteiger partial charge in [-0.25, -0.2) is 4.79 Å². The van der Waals surface area contributed by atoms with Crippen molar-refractivity contribution >= 4 is 23.4 Å². The first-order valence-electron chi connectivity index (χ1n) is 12.1. The van der Waals surface area contributed by atoms with E-state index in [1.807, 2.05) is 6.92 Å². The van der Waals surface area contributed by atoms with Gasteiger partial charge in [-0.1, -0.05) is 25.1 Å². The fourth-order valence-electron chi connectivity index (χ4n) is 4.13. The van der Waals surface area contributed by atoms with Crippen molar-refractivity contribution in [1.82, 2.24) is 9.88 Å². The molecule has 0 aliphatic carbocycles. The van der Waals surface area contributed by atoms with Crippen LogP contribution in [0, 0.1) is 0 Å². The standard InChI is InChI=1S/C29H28N2O6/c1-3-17-37-22-14-12-20(13-15-22)26(32)24-25(23-7-5-6-16-30-23)31(28(34)27(24)33)18-19-8-10-21(11-9-19)29(35)36-4-2/h5-16,25,32H,3-4,17-18H2,1-2H3/b26-24+. The Morgan fingerprint density at radius 2 is 1.68 bits per heavy atom. The number of Topliss-reactive ketones (excluding diaryl/α,β-unsaturated/α-hetero) is 1. The molecular formula is C29H28N2O6. The Kier molecular flexibility index (Phi) is 7.98. The molecule has 0 spiro atoms. The van der Waals surface area contributed by atoms with E-state index in [4.69, 9.17) is 9.47 Å². The van der Waals surface area contributed by atoms with Gasteiger partial charge in [-0.3, -0.25) is 14.6 Å². The molecule has 1 amide bonds. The molecule has 4 rings (SSSR count). The molecule has 0 bridgehead atoms. The first-order valence-corrected chi connectivity index (χ1v) is 12.1. The molecule has 1 fully saturated rings. The van der Waals surface area contributed by atoms with Crippen LogP contribution in [0.1, 0.15) is 53.5 Å². The van der Waals surface area contributed by atoms with Gasteiger partial charge >= 0.3 is 5.97 Å². The molecule has 1 aliphatic heterocycles. The number of benzene rings is 2. The Hall–Kier alpha value is -4.46. The van der Waals surface area contributed by atoms with Crippen molar-refractivity contribution in [3.8, 4) is 5.75 Å². The second-order valence-electron chi connectivity index (χ2n) is 8.47. The molecule has 190 valence electrons. The maximum absolute atomic E-state index is 13.2. The molecule has 1 atom stereocenters. The average Bonchev–Trinajstić information content (AvgIpc) is 3.17. The second kappa shape index (κ2) is 11.5. The van der Waals surface area contributed by atoms with Crippen LogP contribution in [0.2, 0.25) is 0 Å². The summed E-state index contributed by atoms with van der Waals surface area (Å²) in [6, 6.07) is 17.7. The van der Waals surface area contributed by atoms with Crippen molar-refractivity contribution in [2.45, 2.75) is 32.9 Å². The molecule has 8 nitrogen and oxygen atoms in total. The van der Waals surface area contributed by atoms with E-state index < -0.39 is 23.7 Å². The highest BCUT2D eigenvalue weighted by Crippen LogP contribution is 2.39. The monoisotopic (exact) mass is 500 g/mol. The highest BCUT2D eigenvalue weighted by atomic mass is 16.5. The number of ether oxygens (including phenoxy) is 2. The molecule has 1 aliphatic rings. The average molecular weight is 501 g/mol. The van der Waals surface area contributed by atoms with Crippen molar-refractivity contribution in [3.05, 3.63) is 101 Å². The summed E-state index contributed by atoms with van der Waals surface area (Å²) in [5.41, 5.74) is 1.90. The van der Waals surface area contributed by atoms with Crippen LogP contribution in [0.3, 0.4) is 0 Å². The summed E-state index contributed by atoms with van der Waals surface area (Å²) < 4.78 is 10.6. The number of likely N-dealkylation sites (tertiary alicyclic amines) is 1. The second-order valence-corrected chi connectivity index (χ2v) is 8.47. The van der Waals surface area contributed by atoms with Crippen molar-refractivity contribution in [3.63, 3.8) is 0 Å². The van der Waals surface area contributed by atoms with E-state index in [1.54, 1.807) is 79.9 Å². The van der Waals surface area contributed by atoms with Gasteiger partial charge in [0.15, 0.2) is 0 Å².